The molecule has 0 saturated carbocycles. The molecule has 0 saturated heterocycles. The van der Waals surface area contributed by atoms with Gasteiger partial charge in [0.1, 0.15) is 0 Å². The van der Waals surface area contributed by atoms with E-state index in [0.29, 0.717) is 10.6 Å². The van der Waals surface area contributed by atoms with Gasteiger partial charge in [-0.1, -0.05) is 0 Å². The van der Waals surface area contributed by atoms with Gasteiger partial charge in [0, 0.05) is 11.1 Å². The molecule has 12 heavy (non-hydrogen) atoms. The predicted molar refractivity (Wildman–Crippen MR) is 45.4 cm³/mol. The van der Waals surface area contributed by atoms with Gasteiger partial charge in [0.25, 0.3) is 0 Å². The van der Waals surface area contributed by atoms with Gasteiger partial charge in [-0.05, 0) is 6.07 Å². The Hall–Kier alpha value is -0.840. The minimum atomic E-state index is -2.30. The van der Waals surface area contributed by atoms with E-state index in [1.54, 1.807) is 6.07 Å². The number of halogens is 2. The smallest absolute Gasteiger partial charge is 0.247 e. The SMILES string of the molecule is Nc1cnccc1SCC(F)F. The molecule has 5 heteroatoms. The number of thioether (sulfide) groups is 1. The quantitative estimate of drug-likeness (QED) is 0.741. The summed E-state index contributed by atoms with van der Waals surface area (Å²) in [7, 11) is 0. The van der Waals surface area contributed by atoms with E-state index in [0.717, 1.165) is 11.8 Å². The maximum atomic E-state index is 11.8. The third-order valence-corrected chi connectivity index (χ3v) is 2.28. The van der Waals surface area contributed by atoms with Gasteiger partial charge in [0.2, 0.25) is 6.43 Å². The monoisotopic (exact) mass is 190 g/mol. The van der Waals surface area contributed by atoms with Gasteiger partial charge in [-0.15, -0.1) is 11.8 Å². The van der Waals surface area contributed by atoms with Crippen LogP contribution in [0, 0.1) is 0 Å². The second-order valence-corrected chi connectivity index (χ2v) is 3.18. The van der Waals surface area contributed by atoms with E-state index >= 15 is 0 Å². The van der Waals surface area contributed by atoms with Gasteiger partial charge in [-0.2, -0.15) is 0 Å². The van der Waals surface area contributed by atoms with Crippen LogP contribution in [0.2, 0.25) is 0 Å². The number of pyridine rings is 1. The molecule has 0 unspecified atom stereocenters. The zero-order valence-electron chi connectivity index (χ0n) is 6.21. The number of hydrogen-bond acceptors (Lipinski definition) is 3. The second kappa shape index (κ2) is 4.25. The largest absolute Gasteiger partial charge is 0.397 e. The Bertz CT molecular complexity index is 255. The maximum absolute atomic E-state index is 11.8. The molecule has 2 nitrogen and oxygen atoms in total. The lowest BCUT2D eigenvalue weighted by atomic mass is 10.4. The Labute approximate surface area is 73.2 Å². The van der Waals surface area contributed by atoms with Crippen LogP contribution < -0.4 is 5.73 Å². The summed E-state index contributed by atoms with van der Waals surface area (Å²) in [6.45, 7) is 0. The third kappa shape index (κ3) is 2.65. The summed E-state index contributed by atoms with van der Waals surface area (Å²) in [6.07, 6.45) is 0.681. The Morgan fingerprint density at radius 2 is 2.33 bits per heavy atom. The molecule has 0 fully saturated rings. The lowest BCUT2D eigenvalue weighted by Crippen LogP contribution is -1.95. The first kappa shape index (κ1) is 9.25. The van der Waals surface area contributed by atoms with Crippen molar-refractivity contribution in [3.63, 3.8) is 0 Å². The second-order valence-electron chi connectivity index (χ2n) is 2.12. The topological polar surface area (TPSA) is 38.9 Å². The zero-order chi connectivity index (χ0) is 8.97. The highest BCUT2D eigenvalue weighted by Gasteiger charge is 2.05. The number of hydrogen-bond donors (Lipinski definition) is 1. The number of rotatable bonds is 3. The Morgan fingerprint density at radius 1 is 1.58 bits per heavy atom. The highest BCUT2D eigenvalue weighted by molar-refractivity contribution is 7.99. The molecule has 2 N–H and O–H groups in total. The van der Waals surface area contributed by atoms with Gasteiger partial charge in [0.05, 0.1) is 17.6 Å². The molecule has 0 aliphatic heterocycles. The first-order valence-electron chi connectivity index (χ1n) is 3.30. The fourth-order valence-corrected chi connectivity index (χ4v) is 1.36. The van der Waals surface area contributed by atoms with Crippen LogP contribution in [-0.4, -0.2) is 17.2 Å². The van der Waals surface area contributed by atoms with E-state index in [9.17, 15) is 8.78 Å². The van der Waals surface area contributed by atoms with Crippen LogP contribution >= 0.6 is 11.8 Å². The highest BCUT2D eigenvalue weighted by Crippen LogP contribution is 2.24. The Morgan fingerprint density at radius 3 is 2.92 bits per heavy atom. The van der Waals surface area contributed by atoms with Crippen LogP contribution in [0.3, 0.4) is 0 Å². The minimum Gasteiger partial charge on any atom is -0.397 e. The van der Waals surface area contributed by atoms with Crippen molar-refractivity contribution >= 4 is 17.4 Å². The maximum Gasteiger partial charge on any atom is 0.247 e. The van der Waals surface area contributed by atoms with E-state index in [-0.39, 0.29) is 5.75 Å². The number of alkyl halides is 2. The zero-order valence-corrected chi connectivity index (χ0v) is 7.02. The molecule has 1 aromatic rings. The summed E-state index contributed by atoms with van der Waals surface area (Å²) in [4.78, 5) is 4.40. The van der Waals surface area contributed by atoms with Gasteiger partial charge < -0.3 is 5.73 Å². The van der Waals surface area contributed by atoms with Crippen LogP contribution in [0.15, 0.2) is 23.4 Å². The van der Waals surface area contributed by atoms with Crippen LogP contribution in [0.1, 0.15) is 0 Å². The lowest BCUT2D eigenvalue weighted by Gasteiger charge is -2.02. The van der Waals surface area contributed by atoms with E-state index < -0.39 is 6.43 Å². The summed E-state index contributed by atoms with van der Waals surface area (Å²) in [6, 6.07) is 1.63. The average molecular weight is 190 g/mol. The standard InChI is InChI=1S/C7H8F2N2S/c8-7(9)4-12-6-1-2-11-3-5(6)10/h1-3,7H,4,10H2. The van der Waals surface area contributed by atoms with Crippen molar-refractivity contribution in [2.45, 2.75) is 11.3 Å². The van der Waals surface area contributed by atoms with Crippen LogP contribution in [0.25, 0.3) is 0 Å². The van der Waals surface area contributed by atoms with Gasteiger partial charge in [-0.25, -0.2) is 8.78 Å². The van der Waals surface area contributed by atoms with E-state index in [2.05, 4.69) is 4.98 Å². The number of anilines is 1. The molecular formula is C7H8F2N2S. The summed E-state index contributed by atoms with van der Waals surface area (Å²) in [5.41, 5.74) is 5.93. The molecule has 1 heterocycles. The molecular weight excluding hydrogens is 182 g/mol. The first-order chi connectivity index (χ1) is 5.70. The summed E-state index contributed by atoms with van der Waals surface area (Å²) in [5.74, 6) is -0.228. The van der Waals surface area contributed by atoms with E-state index in [4.69, 9.17) is 5.73 Å². The van der Waals surface area contributed by atoms with Crippen LogP contribution in [-0.2, 0) is 0 Å². The van der Waals surface area contributed by atoms with Crippen molar-refractivity contribution < 1.29 is 8.78 Å². The first-order valence-corrected chi connectivity index (χ1v) is 4.29. The molecule has 0 amide bonds. The van der Waals surface area contributed by atoms with Crippen molar-refractivity contribution in [2.24, 2.45) is 0 Å². The van der Waals surface area contributed by atoms with Gasteiger partial charge >= 0.3 is 0 Å². The van der Waals surface area contributed by atoms with Gasteiger partial charge in [0.15, 0.2) is 0 Å². The molecule has 0 aliphatic rings. The van der Waals surface area contributed by atoms with Crippen LogP contribution in [0.4, 0.5) is 14.5 Å². The van der Waals surface area contributed by atoms with Crippen molar-refractivity contribution in [1.29, 1.82) is 0 Å². The van der Waals surface area contributed by atoms with Crippen LogP contribution in [0.5, 0.6) is 0 Å². The number of nitrogens with two attached hydrogens (primary N) is 1. The number of nitrogen functional groups attached to an aromatic ring is 1. The van der Waals surface area contributed by atoms with Crippen molar-refractivity contribution in [3.8, 4) is 0 Å². The Balaban J connectivity index is 2.57. The molecule has 0 spiro atoms. The Kier molecular flexibility index (Phi) is 3.28. The van der Waals surface area contributed by atoms with Gasteiger partial charge in [-0.3, -0.25) is 4.98 Å². The minimum absolute atomic E-state index is 0.228. The van der Waals surface area contributed by atoms with Crippen molar-refractivity contribution in [3.05, 3.63) is 18.5 Å². The third-order valence-electron chi connectivity index (χ3n) is 1.17. The molecule has 0 aliphatic carbocycles. The number of aromatic nitrogens is 1. The van der Waals surface area contributed by atoms with E-state index in [1.807, 2.05) is 0 Å². The predicted octanol–water partition coefficient (Wildman–Crippen LogP) is 2.02. The van der Waals surface area contributed by atoms with Crippen molar-refractivity contribution in [1.82, 2.24) is 4.98 Å². The molecule has 0 bridgehead atoms. The average Bonchev–Trinajstić information content (AvgIpc) is 2.03. The molecule has 0 radical (unpaired) electrons. The normalized spacial score (nSPS) is 10.6. The lowest BCUT2D eigenvalue weighted by molar-refractivity contribution is 0.177. The highest BCUT2D eigenvalue weighted by atomic mass is 32.2. The fraction of sp³-hybridized carbons (Fsp3) is 0.286. The fourth-order valence-electron chi connectivity index (χ4n) is 0.678. The molecule has 0 atom stereocenters. The molecule has 1 aromatic heterocycles. The summed E-state index contributed by atoms with van der Waals surface area (Å²) < 4.78 is 23.5. The number of nitrogens with zero attached hydrogens (tertiary/aromatic N) is 1. The van der Waals surface area contributed by atoms with E-state index in [1.165, 1.54) is 12.4 Å². The summed E-state index contributed by atoms with van der Waals surface area (Å²) in [5, 5.41) is 0. The molecule has 66 valence electrons. The van der Waals surface area contributed by atoms with Crippen molar-refractivity contribution in [2.75, 3.05) is 11.5 Å². The molecule has 0 aromatic carbocycles. The summed E-state index contributed by atoms with van der Waals surface area (Å²) >= 11 is 1.04. The molecule has 1 rings (SSSR count).